The Kier molecular flexibility index (Phi) is 7.51. The van der Waals surface area contributed by atoms with Crippen LogP contribution < -0.4 is 0 Å². The molecule has 0 spiro atoms. The Balaban J connectivity index is 3.26. The molecule has 2 heteroatoms. The second-order valence-corrected chi connectivity index (χ2v) is 3.71. The van der Waals surface area contributed by atoms with Crippen LogP contribution in [0.2, 0.25) is 0 Å². The fraction of sp³-hybridized carbons (Fsp3) is 1.00. The predicted octanol–water partition coefficient (Wildman–Crippen LogP) is 1.74. The maximum atomic E-state index is 8.59. The van der Waals surface area contributed by atoms with Crippen LogP contribution in [-0.4, -0.2) is 36.8 Å². The zero-order chi connectivity index (χ0) is 9.40. The lowest BCUT2D eigenvalue weighted by Crippen LogP contribution is -2.25. The van der Waals surface area contributed by atoms with Crippen molar-refractivity contribution < 1.29 is 5.11 Å². The number of aliphatic hydroxyl groups excluding tert-OH is 1. The van der Waals surface area contributed by atoms with Crippen LogP contribution in [-0.2, 0) is 0 Å². The van der Waals surface area contributed by atoms with Crippen molar-refractivity contribution in [3.63, 3.8) is 0 Å². The predicted molar refractivity (Wildman–Crippen MR) is 53.3 cm³/mol. The largest absolute Gasteiger partial charge is 0.396 e. The van der Waals surface area contributed by atoms with Crippen molar-refractivity contribution in [2.45, 2.75) is 33.1 Å². The molecule has 0 saturated heterocycles. The fourth-order valence-corrected chi connectivity index (χ4v) is 1.25. The summed E-state index contributed by atoms with van der Waals surface area (Å²) in [6, 6.07) is 0. The molecule has 0 amide bonds. The van der Waals surface area contributed by atoms with Crippen LogP contribution in [0.3, 0.4) is 0 Å². The number of unbranched alkanes of at least 4 members (excludes halogenated alkanes) is 1. The number of nitrogens with zero attached hydrogens (tertiary/aromatic N) is 1. The first-order valence-corrected chi connectivity index (χ1v) is 5.00. The van der Waals surface area contributed by atoms with E-state index in [4.69, 9.17) is 5.11 Å². The maximum Gasteiger partial charge on any atom is 0.0431 e. The summed E-state index contributed by atoms with van der Waals surface area (Å²) >= 11 is 0. The highest BCUT2D eigenvalue weighted by atomic mass is 16.2. The lowest BCUT2D eigenvalue weighted by atomic mass is 10.1. The van der Waals surface area contributed by atoms with E-state index in [1.165, 1.54) is 13.0 Å². The van der Waals surface area contributed by atoms with Crippen molar-refractivity contribution in [2.75, 3.05) is 26.7 Å². The normalized spacial score (nSPS) is 13.8. The monoisotopic (exact) mass is 173 g/mol. The molecule has 1 atom stereocenters. The van der Waals surface area contributed by atoms with Crippen LogP contribution in [0.5, 0.6) is 0 Å². The van der Waals surface area contributed by atoms with Gasteiger partial charge in [-0.15, -0.1) is 0 Å². The van der Waals surface area contributed by atoms with Crippen LogP contribution >= 0.6 is 0 Å². The lowest BCUT2D eigenvalue weighted by molar-refractivity contribution is 0.248. The molecule has 0 aliphatic carbocycles. The summed E-state index contributed by atoms with van der Waals surface area (Å²) in [7, 11) is 2.16. The molecule has 0 radical (unpaired) electrons. The van der Waals surface area contributed by atoms with Gasteiger partial charge in [-0.3, -0.25) is 0 Å². The van der Waals surface area contributed by atoms with E-state index in [1.807, 2.05) is 0 Å². The summed E-state index contributed by atoms with van der Waals surface area (Å²) in [5.74, 6) is 0.795. The molecule has 0 fully saturated rings. The van der Waals surface area contributed by atoms with Gasteiger partial charge in [-0.05, 0) is 32.4 Å². The van der Waals surface area contributed by atoms with Crippen molar-refractivity contribution in [3.05, 3.63) is 0 Å². The second kappa shape index (κ2) is 7.56. The Morgan fingerprint density at radius 3 is 2.50 bits per heavy atom. The SMILES string of the molecule is CCC(C)CN(C)CCCCO. The molecule has 1 unspecified atom stereocenters. The van der Waals surface area contributed by atoms with Crippen molar-refractivity contribution in [2.24, 2.45) is 5.92 Å². The molecule has 1 N–H and O–H groups in total. The molecule has 0 aromatic carbocycles. The average Bonchev–Trinajstić information content (AvgIpc) is 2.05. The topological polar surface area (TPSA) is 23.5 Å². The van der Waals surface area contributed by atoms with Crippen molar-refractivity contribution in [1.82, 2.24) is 4.90 Å². The summed E-state index contributed by atoms with van der Waals surface area (Å²) < 4.78 is 0. The summed E-state index contributed by atoms with van der Waals surface area (Å²) in [5, 5.41) is 8.59. The van der Waals surface area contributed by atoms with Gasteiger partial charge in [0.1, 0.15) is 0 Å². The smallest absolute Gasteiger partial charge is 0.0431 e. The van der Waals surface area contributed by atoms with Gasteiger partial charge in [0, 0.05) is 13.2 Å². The number of hydrogen-bond acceptors (Lipinski definition) is 2. The maximum absolute atomic E-state index is 8.59. The van der Waals surface area contributed by atoms with Gasteiger partial charge in [0.05, 0.1) is 0 Å². The first kappa shape index (κ1) is 11.9. The molecule has 0 aromatic heterocycles. The molecule has 0 aliphatic rings. The van der Waals surface area contributed by atoms with Crippen LogP contribution in [0, 0.1) is 5.92 Å². The first-order valence-electron chi connectivity index (χ1n) is 5.00. The first-order chi connectivity index (χ1) is 5.70. The van der Waals surface area contributed by atoms with Gasteiger partial charge < -0.3 is 10.0 Å². The molecule has 0 aromatic rings. The molecule has 0 bridgehead atoms. The summed E-state index contributed by atoms with van der Waals surface area (Å²) in [4.78, 5) is 2.35. The van der Waals surface area contributed by atoms with Gasteiger partial charge in [-0.25, -0.2) is 0 Å². The highest BCUT2D eigenvalue weighted by molar-refractivity contribution is 4.57. The number of rotatable bonds is 7. The molecular weight excluding hydrogens is 150 g/mol. The zero-order valence-corrected chi connectivity index (χ0v) is 8.71. The fourth-order valence-electron chi connectivity index (χ4n) is 1.25. The summed E-state index contributed by atoms with van der Waals surface area (Å²) in [6.07, 6.45) is 3.30. The van der Waals surface area contributed by atoms with Gasteiger partial charge in [0.25, 0.3) is 0 Å². The van der Waals surface area contributed by atoms with Gasteiger partial charge >= 0.3 is 0 Å². The van der Waals surface area contributed by atoms with Gasteiger partial charge in [-0.1, -0.05) is 20.3 Å². The number of aliphatic hydroxyl groups is 1. The third kappa shape index (κ3) is 6.62. The van der Waals surface area contributed by atoms with Crippen LogP contribution in [0.1, 0.15) is 33.1 Å². The Hall–Kier alpha value is -0.0800. The van der Waals surface area contributed by atoms with Crippen molar-refractivity contribution >= 4 is 0 Å². The van der Waals surface area contributed by atoms with E-state index in [2.05, 4.69) is 25.8 Å². The second-order valence-electron chi connectivity index (χ2n) is 3.71. The minimum Gasteiger partial charge on any atom is -0.396 e. The molecule has 2 nitrogen and oxygen atoms in total. The van der Waals surface area contributed by atoms with E-state index < -0.39 is 0 Å². The third-order valence-electron chi connectivity index (χ3n) is 2.27. The zero-order valence-electron chi connectivity index (χ0n) is 8.71. The van der Waals surface area contributed by atoms with E-state index in [0.29, 0.717) is 6.61 Å². The quantitative estimate of drug-likeness (QED) is 0.593. The van der Waals surface area contributed by atoms with Crippen LogP contribution in [0.25, 0.3) is 0 Å². The Bertz CT molecular complexity index is 95.8. The standard InChI is InChI=1S/C10H23NO/c1-4-10(2)9-11(3)7-5-6-8-12/h10,12H,4-9H2,1-3H3. The minimum atomic E-state index is 0.331. The Morgan fingerprint density at radius 2 is 2.00 bits per heavy atom. The summed E-state index contributed by atoms with van der Waals surface area (Å²) in [5.41, 5.74) is 0. The van der Waals surface area contributed by atoms with Crippen molar-refractivity contribution in [1.29, 1.82) is 0 Å². The third-order valence-corrected chi connectivity index (χ3v) is 2.27. The van der Waals surface area contributed by atoms with E-state index in [1.54, 1.807) is 0 Å². The van der Waals surface area contributed by atoms with Gasteiger partial charge in [-0.2, -0.15) is 0 Å². The van der Waals surface area contributed by atoms with Crippen molar-refractivity contribution in [3.8, 4) is 0 Å². The van der Waals surface area contributed by atoms with E-state index in [-0.39, 0.29) is 0 Å². The van der Waals surface area contributed by atoms with Gasteiger partial charge in [0.2, 0.25) is 0 Å². The Labute approximate surface area is 76.6 Å². The van der Waals surface area contributed by atoms with E-state index in [0.717, 1.165) is 25.3 Å². The van der Waals surface area contributed by atoms with E-state index in [9.17, 15) is 0 Å². The molecule has 0 heterocycles. The van der Waals surface area contributed by atoms with Gasteiger partial charge in [0.15, 0.2) is 0 Å². The molecular formula is C10H23NO. The minimum absolute atomic E-state index is 0.331. The molecule has 0 aliphatic heterocycles. The molecule has 74 valence electrons. The average molecular weight is 173 g/mol. The van der Waals surface area contributed by atoms with E-state index >= 15 is 0 Å². The lowest BCUT2D eigenvalue weighted by Gasteiger charge is -2.19. The van der Waals surface area contributed by atoms with Crippen LogP contribution in [0.15, 0.2) is 0 Å². The molecule has 0 saturated carbocycles. The highest BCUT2D eigenvalue weighted by Gasteiger charge is 2.02. The Morgan fingerprint density at radius 1 is 1.33 bits per heavy atom. The highest BCUT2D eigenvalue weighted by Crippen LogP contribution is 2.03. The molecule has 0 rings (SSSR count). The number of hydrogen-bond donors (Lipinski definition) is 1. The summed E-state index contributed by atoms with van der Waals surface area (Å²) in [6.45, 7) is 7.14. The molecule has 12 heavy (non-hydrogen) atoms. The van der Waals surface area contributed by atoms with Crippen LogP contribution in [0.4, 0.5) is 0 Å².